The van der Waals surface area contributed by atoms with Crippen LogP contribution in [0.15, 0.2) is 42.5 Å². The summed E-state index contributed by atoms with van der Waals surface area (Å²) in [5.74, 6) is 0.132. The second-order valence-corrected chi connectivity index (χ2v) is 7.62. The molecule has 2 aromatic rings. The van der Waals surface area contributed by atoms with Crippen LogP contribution >= 0.6 is 0 Å². The number of nitrogens with one attached hydrogen (secondary N) is 1. The Balaban J connectivity index is 0.00000243. The Hall–Kier alpha value is -1.03. The predicted octanol–water partition coefficient (Wildman–Crippen LogP) is 4.36. The molecule has 1 radical (unpaired) electrons. The number of carbonyl (C=O) groups excluding carboxylic acids is 1. The molecule has 1 fully saturated rings. The predicted molar refractivity (Wildman–Crippen MR) is 104 cm³/mol. The molecule has 3 nitrogen and oxygen atoms in total. The Morgan fingerprint density at radius 3 is 2.15 bits per heavy atom. The van der Waals surface area contributed by atoms with Gasteiger partial charge in [0.15, 0.2) is 6.54 Å². The van der Waals surface area contributed by atoms with Gasteiger partial charge in [-0.05, 0) is 31.9 Å². The monoisotopic (exact) mass is 426 g/mol. The second kappa shape index (κ2) is 9.26. The van der Waals surface area contributed by atoms with Crippen LogP contribution in [-0.2, 0) is 44.0 Å². The molecule has 0 spiro atoms. The number of carbonyl (C=O) groups is 1. The van der Waals surface area contributed by atoms with Gasteiger partial charge in [-0.15, -0.1) is 0 Å². The van der Waals surface area contributed by atoms with Crippen LogP contribution in [0, 0.1) is 20.8 Å². The molecule has 0 unspecified atom stereocenters. The topological polar surface area (TPSA) is 29.1 Å². The van der Waals surface area contributed by atoms with E-state index in [1.165, 1.54) is 24.0 Å². The molecule has 0 bridgehead atoms. The van der Waals surface area contributed by atoms with Gasteiger partial charge < -0.3 is 9.80 Å². The summed E-state index contributed by atoms with van der Waals surface area (Å²) in [5.41, 5.74) is 5.82. The fraction of sp³-hybridized carbons (Fsp3) is 0.409. The average Bonchev–Trinajstić information content (AvgIpc) is 2.99. The van der Waals surface area contributed by atoms with Gasteiger partial charge in [0.2, 0.25) is 0 Å². The van der Waals surface area contributed by atoms with Gasteiger partial charge >= 0.3 is 0 Å². The van der Waals surface area contributed by atoms with Crippen molar-refractivity contribution >= 4 is 11.6 Å². The number of likely N-dealkylation sites (tertiary alicyclic amines) is 1. The molecule has 0 aromatic heterocycles. The first kappa shape index (κ1) is 21.3. The van der Waals surface area contributed by atoms with Gasteiger partial charge in [-0.25, -0.2) is 0 Å². The van der Waals surface area contributed by atoms with Crippen molar-refractivity contribution in [1.29, 1.82) is 0 Å². The summed E-state index contributed by atoms with van der Waals surface area (Å²) in [4.78, 5) is 12.8. The maximum Gasteiger partial charge on any atom is 0.279 e. The molecular formula is C22H29N2OY+. The maximum atomic E-state index is 12.8. The van der Waals surface area contributed by atoms with Crippen LogP contribution in [0.25, 0.3) is 0 Å². The van der Waals surface area contributed by atoms with E-state index in [9.17, 15) is 4.79 Å². The Labute approximate surface area is 182 Å². The van der Waals surface area contributed by atoms with E-state index in [1.54, 1.807) is 0 Å². The molecule has 26 heavy (non-hydrogen) atoms. The molecule has 2 aromatic carbocycles. The Morgan fingerprint density at radius 1 is 1.00 bits per heavy atom. The van der Waals surface area contributed by atoms with E-state index in [1.807, 2.05) is 6.07 Å². The quantitative estimate of drug-likeness (QED) is 0.708. The van der Waals surface area contributed by atoms with Gasteiger partial charge in [-0.3, -0.25) is 4.79 Å². The van der Waals surface area contributed by atoms with Crippen molar-refractivity contribution in [1.82, 2.24) is 0 Å². The van der Waals surface area contributed by atoms with Crippen molar-refractivity contribution in [3.8, 4) is 0 Å². The number of anilines is 1. The number of quaternary nitrogens is 1. The van der Waals surface area contributed by atoms with Gasteiger partial charge in [0.25, 0.3) is 5.91 Å². The van der Waals surface area contributed by atoms with Crippen LogP contribution in [-0.4, -0.2) is 30.0 Å². The number of aryl methyl sites for hydroxylation is 3. The SMILES string of the molecule is Cc1cc(C)c(NC(=O)C[N+]2(Cc3ccccc3)CCCC2)c(C)c1.[Y]. The standard InChI is InChI=1S/C22H28N2O.Y/c1-17-13-18(2)22(19(3)14-17)23-21(25)16-24(11-7-8-12-24)15-20-9-5-4-6-10-20;/h4-6,9-10,13-14H,7-8,11-12,15-16H2,1-3H3;/p+1. The average molecular weight is 426 g/mol. The van der Waals surface area contributed by atoms with Gasteiger partial charge in [0, 0.05) is 56.8 Å². The third kappa shape index (κ3) is 5.25. The first-order chi connectivity index (χ1) is 12.0. The minimum atomic E-state index is 0. The second-order valence-electron chi connectivity index (χ2n) is 7.62. The van der Waals surface area contributed by atoms with Crippen molar-refractivity contribution in [2.75, 3.05) is 25.0 Å². The number of hydrogen-bond acceptors (Lipinski definition) is 1. The molecular weight excluding hydrogens is 397 g/mol. The van der Waals surface area contributed by atoms with Crippen LogP contribution in [0.3, 0.4) is 0 Å². The molecule has 1 N–H and O–H groups in total. The molecule has 0 atom stereocenters. The van der Waals surface area contributed by atoms with Crippen LogP contribution in [0.5, 0.6) is 0 Å². The van der Waals surface area contributed by atoms with E-state index in [2.05, 4.69) is 62.5 Å². The van der Waals surface area contributed by atoms with Crippen molar-refractivity contribution in [3.63, 3.8) is 0 Å². The van der Waals surface area contributed by atoms with E-state index < -0.39 is 0 Å². The summed E-state index contributed by atoms with van der Waals surface area (Å²) in [6, 6.07) is 14.8. The van der Waals surface area contributed by atoms with E-state index in [0.717, 1.165) is 40.9 Å². The molecule has 1 amide bonds. The molecule has 0 aliphatic carbocycles. The summed E-state index contributed by atoms with van der Waals surface area (Å²) in [6.45, 7) is 9.92. The molecule has 1 heterocycles. The first-order valence-electron chi connectivity index (χ1n) is 9.24. The fourth-order valence-electron chi connectivity index (χ4n) is 4.21. The summed E-state index contributed by atoms with van der Waals surface area (Å²) in [6.07, 6.45) is 2.42. The Morgan fingerprint density at radius 2 is 1.58 bits per heavy atom. The maximum absolute atomic E-state index is 12.8. The number of nitrogens with zero attached hydrogens (tertiary/aromatic N) is 1. The van der Waals surface area contributed by atoms with E-state index in [0.29, 0.717) is 6.54 Å². The molecule has 1 aliphatic heterocycles. The van der Waals surface area contributed by atoms with Crippen LogP contribution in [0.2, 0.25) is 0 Å². The van der Waals surface area contributed by atoms with E-state index in [-0.39, 0.29) is 38.6 Å². The number of hydrogen-bond donors (Lipinski definition) is 1. The normalized spacial score (nSPS) is 15.3. The molecule has 4 heteroatoms. The zero-order valence-corrected chi connectivity index (χ0v) is 19.1. The van der Waals surface area contributed by atoms with Gasteiger partial charge in [-0.2, -0.15) is 0 Å². The first-order valence-corrected chi connectivity index (χ1v) is 9.24. The van der Waals surface area contributed by atoms with Crippen molar-refractivity contribution < 1.29 is 42.0 Å². The number of rotatable bonds is 5. The minimum Gasteiger partial charge on any atom is -0.321 e. The molecule has 135 valence electrons. The van der Waals surface area contributed by atoms with Crippen molar-refractivity contribution in [2.24, 2.45) is 0 Å². The van der Waals surface area contributed by atoms with Crippen LogP contribution < -0.4 is 5.32 Å². The Kier molecular flexibility index (Phi) is 7.57. The number of amides is 1. The summed E-state index contributed by atoms with van der Waals surface area (Å²) in [7, 11) is 0. The van der Waals surface area contributed by atoms with Crippen molar-refractivity contribution in [2.45, 2.75) is 40.2 Å². The summed E-state index contributed by atoms with van der Waals surface area (Å²) in [5, 5.41) is 3.19. The summed E-state index contributed by atoms with van der Waals surface area (Å²) >= 11 is 0. The zero-order chi connectivity index (χ0) is 17.9. The van der Waals surface area contributed by atoms with Crippen LogP contribution in [0.4, 0.5) is 5.69 Å². The smallest absolute Gasteiger partial charge is 0.279 e. The fourth-order valence-corrected chi connectivity index (χ4v) is 4.21. The molecule has 1 aliphatic rings. The number of benzene rings is 2. The van der Waals surface area contributed by atoms with E-state index >= 15 is 0 Å². The van der Waals surface area contributed by atoms with Gasteiger partial charge in [0.1, 0.15) is 6.54 Å². The van der Waals surface area contributed by atoms with Gasteiger partial charge in [-0.1, -0.05) is 48.0 Å². The van der Waals surface area contributed by atoms with Crippen LogP contribution in [0.1, 0.15) is 35.1 Å². The third-order valence-electron chi connectivity index (χ3n) is 5.30. The Bertz CT molecular complexity index is 729. The molecule has 1 saturated heterocycles. The summed E-state index contributed by atoms with van der Waals surface area (Å²) < 4.78 is 0.875. The molecule has 3 rings (SSSR count). The van der Waals surface area contributed by atoms with Crippen molar-refractivity contribution in [3.05, 3.63) is 64.7 Å². The van der Waals surface area contributed by atoms with Gasteiger partial charge in [0.05, 0.1) is 13.1 Å². The molecule has 0 saturated carbocycles. The minimum absolute atomic E-state index is 0. The largest absolute Gasteiger partial charge is 0.321 e. The third-order valence-corrected chi connectivity index (χ3v) is 5.30. The zero-order valence-electron chi connectivity index (χ0n) is 16.2. The van der Waals surface area contributed by atoms with E-state index in [4.69, 9.17) is 0 Å².